The van der Waals surface area contributed by atoms with E-state index in [-0.39, 0.29) is 0 Å². The molecule has 0 radical (unpaired) electrons. The molecule has 2 aromatic rings. The average molecular weight is 232 g/mol. The minimum absolute atomic E-state index is 0.715. The minimum atomic E-state index is 0.715. The van der Waals surface area contributed by atoms with Crippen molar-refractivity contribution in [2.75, 3.05) is 13.7 Å². The van der Waals surface area contributed by atoms with Crippen molar-refractivity contribution in [3.8, 4) is 5.75 Å². The topological polar surface area (TPSA) is 40.2 Å². The Kier molecular flexibility index (Phi) is 3.38. The second-order valence-corrected chi connectivity index (χ2v) is 4.46. The molecule has 1 heterocycles. The van der Waals surface area contributed by atoms with E-state index in [2.05, 4.69) is 30.7 Å². The van der Waals surface area contributed by atoms with E-state index >= 15 is 0 Å². The Balaban J connectivity index is 2.64. The molecule has 2 N–H and O–H groups in total. The first-order valence-corrected chi connectivity index (χ1v) is 6.02. The van der Waals surface area contributed by atoms with Crippen molar-refractivity contribution in [1.82, 2.24) is 4.57 Å². The molecule has 0 aliphatic heterocycles. The molecule has 1 aromatic carbocycles. The van der Waals surface area contributed by atoms with Gasteiger partial charge < -0.3 is 15.0 Å². The van der Waals surface area contributed by atoms with Crippen molar-refractivity contribution in [3.63, 3.8) is 0 Å². The SMILES string of the molecule is COc1ccc(C)c2c(C)cn(CCCN)c12. The van der Waals surface area contributed by atoms with Crippen LogP contribution in [0.1, 0.15) is 17.5 Å². The van der Waals surface area contributed by atoms with E-state index in [9.17, 15) is 0 Å². The number of ether oxygens (including phenoxy) is 1. The van der Waals surface area contributed by atoms with Crippen LogP contribution in [0, 0.1) is 13.8 Å². The number of aryl methyl sites for hydroxylation is 3. The van der Waals surface area contributed by atoms with Gasteiger partial charge in [-0.05, 0) is 44.0 Å². The van der Waals surface area contributed by atoms with Crippen LogP contribution in [-0.2, 0) is 6.54 Å². The average Bonchev–Trinajstić information content (AvgIpc) is 2.66. The lowest BCUT2D eigenvalue weighted by atomic mass is 10.1. The number of rotatable bonds is 4. The van der Waals surface area contributed by atoms with Gasteiger partial charge in [0.15, 0.2) is 0 Å². The van der Waals surface area contributed by atoms with E-state index in [4.69, 9.17) is 10.5 Å². The Morgan fingerprint density at radius 1 is 1.24 bits per heavy atom. The maximum atomic E-state index is 5.58. The molecule has 0 unspecified atom stereocenters. The normalized spacial score (nSPS) is 11.1. The molecule has 0 atom stereocenters. The van der Waals surface area contributed by atoms with Crippen LogP contribution in [0.15, 0.2) is 18.3 Å². The molecule has 0 spiro atoms. The van der Waals surface area contributed by atoms with Gasteiger partial charge in [0.05, 0.1) is 12.6 Å². The summed E-state index contributed by atoms with van der Waals surface area (Å²) in [7, 11) is 1.72. The van der Waals surface area contributed by atoms with Crippen LogP contribution in [0.5, 0.6) is 5.75 Å². The maximum absolute atomic E-state index is 5.58. The third-order valence-corrected chi connectivity index (χ3v) is 3.20. The summed E-state index contributed by atoms with van der Waals surface area (Å²) in [5.41, 5.74) is 9.37. The van der Waals surface area contributed by atoms with E-state index in [1.807, 2.05) is 6.07 Å². The molecule has 1 aromatic heterocycles. The second-order valence-electron chi connectivity index (χ2n) is 4.46. The van der Waals surface area contributed by atoms with Gasteiger partial charge in [-0.1, -0.05) is 6.07 Å². The number of methoxy groups -OCH3 is 1. The number of benzene rings is 1. The quantitative estimate of drug-likeness (QED) is 0.880. The van der Waals surface area contributed by atoms with Crippen molar-refractivity contribution < 1.29 is 4.74 Å². The van der Waals surface area contributed by atoms with E-state index in [0.29, 0.717) is 6.54 Å². The first-order chi connectivity index (χ1) is 8.19. The molecule has 17 heavy (non-hydrogen) atoms. The Morgan fingerprint density at radius 2 is 2.00 bits per heavy atom. The van der Waals surface area contributed by atoms with E-state index in [1.54, 1.807) is 7.11 Å². The second kappa shape index (κ2) is 4.80. The number of fused-ring (bicyclic) bond motifs is 1. The van der Waals surface area contributed by atoms with Crippen molar-refractivity contribution in [2.45, 2.75) is 26.8 Å². The lowest BCUT2D eigenvalue weighted by molar-refractivity contribution is 0.417. The summed E-state index contributed by atoms with van der Waals surface area (Å²) in [5, 5.41) is 1.31. The zero-order valence-corrected chi connectivity index (χ0v) is 10.8. The van der Waals surface area contributed by atoms with Crippen LogP contribution in [-0.4, -0.2) is 18.2 Å². The molecule has 0 saturated heterocycles. The van der Waals surface area contributed by atoms with Crippen LogP contribution < -0.4 is 10.5 Å². The summed E-state index contributed by atoms with van der Waals surface area (Å²) in [6, 6.07) is 4.15. The van der Waals surface area contributed by atoms with Gasteiger partial charge >= 0.3 is 0 Å². The Hall–Kier alpha value is -1.48. The van der Waals surface area contributed by atoms with Crippen molar-refractivity contribution in [2.24, 2.45) is 5.73 Å². The van der Waals surface area contributed by atoms with Gasteiger partial charge in [-0.2, -0.15) is 0 Å². The standard InChI is InChI=1S/C14H20N2O/c1-10-5-6-12(17-3)14-13(10)11(2)9-16(14)8-4-7-15/h5-6,9H,4,7-8,15H2,1-3H3. The molecule has 3 nitrogen and oxygen atoms in total. The van der Waals surface area contributed by atoms with Crippen molar-refractivity contribution >= 4 is 10.9 Å². The Morgan fingerprint density at radius 3 is 2.65 bits per heavy atom. The van der Waals surface area contributed by atoms with Crippen LogP contribution in [0.4, 0.5) is 0 Å². The Bertz CT molecular complexity index is 528. The van der Waals surface area contributed by atoms with E-state index < -0.39 is 0 Å². The number of aromatic nitrogens is 1. The number of hydrogen-bond acceptors (Lipinski definition) is 2. The summed E-state index contributed by atoms with van der Waals surface area (Å²) in [6.07, 6.45) is 3.18. The fraction of sp³-hybridized carbons (Fsp3) is 0.429. The zero-order valence-electron chi connectivity index (χ0n) is 10.8. The largest absolute Gasteiger partial charge is 0.495 e. The summed E-state index contributed by atoms with van der Waals surface area (Å²) in [5.74, 6) is 0.940. The molecule has 0 aliphatic carbocycles. The van der Waals surface area contributed by atoms with Gasteiger partial charge in [0.25, 0.3) is 0 Å². The molecule has 0 fully saturated rings. The Labute approximate surface area is 102 Å². The van der Waals surface area contributed by atoms with E-state index in [1.165, 1.54) is 22.0 Å². The molecular formula is C14H20N2O. The molecule has 2 rings (SSSR count). The monoisotopic (exact) mass is 232 g/mol. The van der Waals surface area contributed by atoms with Gasteiger partial charge in [-0.25, -0.2) is 0 Å². The van der Waals surface area contributed by atoms with Gasteiger partial charge in [-0.3, -0.25) is 0 Å². The number of hydrogen-bond donors (Lipinski definition) is 1. The van der Waals surface area contributed by atoms with Crippen LogP contribution >= 0.6 is 0 Å². The van der Waals surface area contributed by atoms with E-state index in [0.717, 1.165) is 18.7 Å². The highest BCUT2D eigenvalue weighted by molar-refractivity contribution is 5.91. The molecule has 92 valence electrons. The van der Waals surface area contributed by atoms with Crippen LogP contribution in [0.3, 0.4) is 0 Å². The van der Waals surface area contributed by atoms with Crippen molar-refractivity contribution in [1.29, 1.82) is 0 Å². The smallest absolute Gasteiger partial charge is 0.143 e. The fourth-order valence-electron chi connectivity index (χ4n) is 2.42. The molecule has 0 amide bonds. The van der Waals surface area contributed by atoms with Crippen molar-refractivity contribution in [3.05, 3.63) is 29.5 Å². The van der Waals surface area contributed by atoms with Gasteiger partial charge in [0, 0.05) is 18.1 Å². The number of nitrogens with two attached hydrogens (primary N) is 1. The lowest BCUT2D eigenvalue weighted by Crippen LogP contribution is -2.05. The highest BCUT2D eigenvalue weighted by Crippen LogP contribution is 2.32. The zero-order chi connectivity index (χ0) is 12.4. The molecule has 0 aliphatic rings. The highest BCUT2D eigenvalue weighted by atomic mass is 16.5. The minimum Gasteiger partial charge on any atom is -0.495 e. The highest BCUT2D eigenvalue weighted by Gasteiger charge is 2.12. The summed E-state index contributed by atoms with van der Waals surface area (Å²) < 4.78 is 7.72. The molecular weight excluding hydrogens is 212 g/mol. The third kappa shape index (κ3) is 2.03. The maximum Gasteiger partial charge on any atom is 0.143 e. The predicted octanol–water partition coefficient (Wildman–Crippen LogP) is 2.62. The number of nitrogens with zero attached hydrogens (tertiary/aromatic N) is 1. The van der Waals surface area contributed by atoms with Crippen LogP contribution in [0.25, 0.3) is 10.9 Å². The first kappa shape index (κ1) is 12.0. The predicted molar refractivity (Wildman–Crippen MR) is 71.6 cm³/mol. The first-order valence-electron chi connectivity index (χ1n) is 6.02. The van der Waals surface area contributed by atoms with Crippen LogP contribution in [0.2, 0.25) is 0 Å². The third-order valence-electron chi connectivity index (χ3n) is 3.20. The fourth-order valence-corrected chi connectivity index (χ4v) is 2.42. The van der Waals surface area contributed by atoms with Gasteiger partial charge in [0.2, 0.25) is 0 Å². The molecule has 0 saturated carbocycles. The molecule has 3 heteroatoms. The summed E-state index contributed by atoms with van der Waals surface area (Å²) in [4.78, 5) is 0. The summed E-state index contributed by atoms with van der Waals surface area (Å²) in [6.45, 7) is 5.95. The van der Waals surface area contributed by atoms with Gasteiger partial charge in [-0.15, -0.1) is 0 Å². The summed E-state index contributed by atoms with van der Waals surface area (Å²) >= 11 is 0. The van der Waals surface area contributed by atoms with Gasteiger partial charge in [0.1, 0.15) is 5.75 Å². The molecule has 0 bridgehead atoms. The lowest BCUT2D eigenvalue weighted by Gasteiger charge is -2.09.